The van der Waals surface area contributed by atoms with E-state index in [1.807, 2.05) is 6.07 Å². The van der Waals surface area contributed by atoms with E-state index in [0.717, 1.165) is 11.1 Å². The van der Waals surface area contributed by atoms with E-state index in [9.17, 15) is 19.1 Å². The maximum atomic E-state index is 13.3. The van der Waals surface area contributed by atoms with Crippen LogP contribution in [0.25, 0.3) is 6.08 Å². The lowest BCUT2D eigenvalue weighted by molar-refractivity contribution is -0.130. The maximum Gasteiger partial charge on any atom is 0.268 e. The molecule has 1 aromatic heterocycles. The first-order valence-electron chi connectivity index (χ1n) is 10.3. The van der Waals surface area contributed by atoms with Crippen molar-refractivity contribution in [2.75, 3.05) is 5.73 Å². The summed E-state index contributed by atoms with van der Waals surface area (Å²) in [7, 11) is 0. The Morgan fingerprint density at radius 3 is 2.45 bits per heavy atom. The minimum absolute atomic E-state index is 0.0835. The van der Waals surface area contributed by atoms with E-state index in [0.29, 0.717) is 17.1 Å². The Labute approximate surface area is 191 Å². The highest BCUT2D eigenvalue weighted by Crippen LogP contribution is 2.11. The van der Waals surface area contributed by atoms with Crippen LogP contribution in [0.2, 0.25) is 0 Å². The monoisotopic (exact) mass is 448 g/mol. The van der Waals surface area contributed by atoms with Gasteiger partial charge in [-0.25, -0.2) is 9.37 Å². The lowest BCUT2D eigenvalue weighted by Gasteiger charge is -2.15. The number of carbonyl (C=O) groups excluding carboxylic acids is 2. The molecule has 0 spiro atoms. The third-order valence-electron chi connectivity index (χ3n) is 4.91. The van der Waals surface area contributed by atoms with Crippen LogP contribution < -0.4 is 16.4 Å². The third-order valence-corrected chi connectivity index (χ3v) is 4.91. The minimum Gasteiger partial charge on any atom is -0.384 e. The number of aliphatic hydroxyl groups excluding tert-OH is 1. The Bertz CT molecular complexity index is 1150. The van der Waals surface area contributed by atoms with Crippen LogP contribution in [0.15, 0.2) is 72.4 Å². The van der Waals surface area contributed by atoms with Crippen molar-refractivity contribution < 1.29 is 19.1 Å². The number of pyridine rings is 1. The maximum absolute atomic E-state index is 13.3. The molecule has 8 heteroatoms. The van der Waals surface area contributed by atoms with Crippen molar-refractivity contribution in [3.63, 3.8) is 0 Å². The van der Waals surface area contributed by atoms with Crippen molar-refractivity contribution >= 4 is 23.7 Å². The molecule has 1 atom stereocenters. The van der Waals surface area contributed by atoms with E-state index < -0.39 is 23.7 Å². The van der Waals surface area contributed by atoms with Gasteiger partial charge in [0, 0.05) is 18.7 Å². The number of hydrogen-bond donors (Lipinski definition) is 4. The summed E-state index contributed by atoms with van der Waals surface area (Å²) >= 11 is 0. The molecule has 0 aliphatic rings. The first-order chi connectivity index (χ1) is 15.8. The molecule has 0 saturated heterocycles. The standard InChI is InChI=1S/C25H25FN4O3/c1-16-19(9-12-23(27)29-16)15-28-24(32)21(13-18-7-10-20(26)11-8-18)30-25(33)22(31)14-17-5-3-2-4-6-17/h2-13,22,31H,14-15H2,1H3,(H2,27,29)(H,28,32)(H,30,33)/b21-13-/t22-/m1/s1. The van der Waals surface area contributed by atoms with Crippen molar-refractivity contribution in [2.45, 2.75) is 26.0 Å². The summed E-state index contributed by atoms with van der Waals surface area (Å²) in [5.74, 6) is -1.35. The van der Waals surface area contributed by atoms with Gasteiger partial charge in [0.25, 0.3) is 11.8 Å². The SMILES string of the molecule is Cc1nc(N)ccc1CNC(=O)/C(=C/c1ccc(F)cc1)NC(=O)[C@H](O)Cc1ccccc1. The molecule has 2 amide bonds. The van der Waals surface area contributed by atoms with Crippen molar-refractivity contribution in [1.29, 1.82) is 0 Å². The van der Waals surface area contributed by atoms with Gasteiger partial charge < -0.3 is 21.5 Å². The van der Waals surface area contributed by atoms with Gasteiger partial charge in [0.15, 0.2) is 0 Å². The van der Waals surface area contributed by atoms with Crippen LogP contribution in [0.4, 0.5) is 10.2 Å². The highest BCUT2D eigenvalue weighted by atomic mass is 19.1. The number of rotatable bonds is 8. The predicted molar refractivity (Wildman–Crippen MR) is 124 cm³/mol. The molecule has 0 unspecified atom stereocenters. The normalized spacial score (nSPS) is 12.2. The lowest BCUT2D eigenvalue weighted by atomic mass is 10.1. The molecule has 0 aliphatic heterocycles. The van der Waals surface area contributed by atoms with Crippen LogP contribution in [-0.2, 0) is 22.6 Å². The molecule has 0 fully saturated rings. The van der Waals surface area contributed by atoms with Gasteiger partial charge in [0.1, 0.15) is 23.4 Å². The minimum atomic E-state index is -1.36. The van der Waals surface area contributed by atoms with Crippen LogP contribution in [-0.4, -0.2) is 28.0 Å². The van der Waals surface area contributed by atoms with Gasteiger partial charge in [-0.1, -0.05) is 48.5 Å². The summed E-state index contributed by atoms with van der Waals surface area (Å²) in [6, 6.07) is 17.9. The van der Waals surface area contributed by atoms with Gasteiger partial charge in [0.05, 0.1) is 0 Å². The fraction of sp³-hybridized carbons (Fsp3) is 0.160. The smallest absolute Gasteiger partial charge is 0.268 e. The molecule has 3 rings (SSSR count). The van der Waals surface area contributed by atoms with Crippen molar-refractivity contribution in [1.82, 2.24) is 15.6 Å². The zero-order valence-electron chi connectivity index (χ0n) is 18.1. The van der Waals surface area contributed by atoms with E-state index in [-0.39, 0.29) is 18.7 Å². The number of nitrogens with one attached hydrogen (secondary N) is 2. The molecule has 0 aliphatic carbocycles. The number of benzene rings is 2. The molecular formula is C25H25FN4O3. The Kier molecular flexibility index (Phi) is 7.88. The second kappa shape index (κ2) is 11.0. The molecule has 0 radical (unpaired) electrons. The van der Waals surface area contributed by atoms with Crippen molar-refractivity contribution in [3.05, 3.63) is 101 Å². The van der Waals surface area contributed by atoms with Gasteiger partial charge in [0.2, 0.25) is 0 Å². The predicted octanol–water partition coefficient (Wildman–Crippen LogP) is 2.49. The zero-order valence-corrected chi connectivity index (χ0v) is 18.1. The summed E-state index contributed by atoms with van der Waals surface area (Å²) < 4.78 is 13.3. The van der Waals surface area contributed by atoms with Crippen LogP contribution in [0.3, 0.4) is 0 Å². The van der Waals surface area contributed by atoms with E-state index >= 15 is 0 Å². The Morgan fingerprint density at radius 1 is 1.09 bits per heavy atom. The quantitative estimate of drug-likeness (QED) is 0.395. The van der Waals surface area contributed by atoms with E-state index in [1.54, 1.807) is 43.3 Å². The molecule has 33 heavy (non-hydrogen) atoms. The lowest BCUT2D eigenvalue weighted by Crippen LogP contribution is -2.40. The van der Waals surface area contributed by atoms with E-state index in [1.165, 1.54) is 30.3 Å². The molecule has 3 aromatic rings. The summed E-state index contributed by atoms with van der Waals surface area (Å²) in [5, 5.41) is 15.6. The zero-order chi connectivity index (χ0) is 23.8. The highest BCUT2D eigenvalue weighted by molar-refractivity contribution is 6.01. The third kappa shape index (κ3) is 6.98. The Hall–Kier alpha value is -4.04. The average Bonchev–Trinajstić information content (AvgIpc) is 2.80. The van der Waals surface area contributed by atoms with Crippen molar-refractivity contribution in [3.8, 4) is 0 Å². The summed E-state index contributed by atoms with van der Waals surface area (Å²) in [4.78, 5) is 29.7. The molecule has 7 nitrogen and oxygen atoms in total. The van der Waals surface area contributed by atoms with Gasteiger partial charge in [-0.15, -0.1) is 0 Å². The largest absolute Gasteiger partial charge is 0.384 e. The van der Waals surface area contributed by atoms with Crippen molar-refractivity contribution in [2.24, 2.45) is 0 Å². The number of hydrogen-bond acceptors (Lipinski definition) is 5. The number of aromatic nitrogens is 1. The van der Waals surface area contributed by atoms with Crippen LogP contribution in [0, 0.1) is 12.7 Å². The van der Waals surface area contributed by atoms with Gasteiger partial charge in [-0.3, -0.25) is 9.59 Å². The molecule has 170 valence electrons. The molecule has 2 aromatic carbocycles. The number of nitrogens with zero attached hydrogens (tertiary/aromatic N) is 1. The first-order valence-corrected chi connectivity index (χ1v) is 10.3. The number of halogens is 1. The highest BCUT2D eigenvalue weighted by Gasteiger charge is 2.20. The van der Waals surface area contributed by atoms with Gasteiger partial charge in [-0.2, -0.15) is 0 Å². The molecule has 0 bridgehead atoms. The fourth-order valence-corrected chi connectivity index (χ4v) is 3.10. The number of nitrogens with two attached hydrogens (primary N) is 1. The first kappa shape index (κ1) is 23.6. The molecular weight excluding hydrogens is 423 g/mol. The van der Waals surface area contributed by atoms with E-state index in [4.69, 9.17) is 5.73 Å². The molecule has 1 heterocycles. The number of aliphatic hydroxyl groups is 1. The number of anilines is 1. The second-order valence-electron chi connectivity index (χ2n) is 7.47. The Morgan fingerprint density at radius 2 is 1.79 bits per heavy atom. The van der Waals surface area contributed by atoms with Crippen LogP contribution in [0.1, 0.15) is 22.4 Å². The van der Waals surface area contributed by atoms with Gasteiger partial charge >= 0.3 is 0 Å². The molecule has 0 saturated carbocycles. The van der Waals surface area contributed by atoms with Crippen LogP contribution >= 0.6 is 0 Å². The summed E-state index contributed by atoms with van der Waals surface area (Å²) in [6.45, 7) is 1.93. The Balaban J connectivity index is 1.75. The molecule has 5 N–H and O–H groups in total. The average molecular weight is 448 g/mol. The summed E-state index contributed by atoms with van der Waals surface area (Å²) in [5.41, 5.74) is 8.29. The number of amides is 2. The van der Waals surface area contributed by atoms with E-state index in [2.05, 4.69) is 15.6 Å². The summed E-state index contributed by atoms with van der Waals surface area (Å²) in [6.07, 6.45) is 0.144. The fourth-order valence-electron chi connectivity index (χ4n) is 3.10. The topological polar surface area (TPSA) is 117 Å². The second-order valence-corrected chi connectivity index (χ2v) is 7.47. The van der Waals surface area contributed by atoms with Crippen LogP contribution in [0.5, 0.6) is 0 Å². The number of carbonyl (C=O) groups is 2. The number of nitrogen functional groups attached to an aromatic ring is 1. The number of aryl methyl sites for hydroxylation is 1. The van der Waals surface area contributed by atoms with Gasteiger partial charge in [-0.05, 0) is 47.9 Å².